The van der Waals surface area contributed by atoms with Crippen LogP contribution in [0.2, 0.25) is 0 Å². The summed E-state index contributed by atoms with van der Waals surface area (Å²) >= 11 is 0. The molecule has 0 radical (unpaired) electrons. The molecule has 1 N–H and O–H groups in total. The highest BCUT2D eigenvalue weighted by Crippen LogP contribution is 2.51. The lowest BCUT2D eigenvalue weighted by molar-refractivity contribution is 0.168. The average molecular weight is 310 g/mol. The van der Waals surface area contributed by atoms with Gasteiger partial charge < -0.3 is 9.63 Å². The molecule has 0 unspecified atom stereocenters. The van der Waals surface area contributed by atoms with Gasteiger partial charge in [0.25, 0.3) is 0 Å². The van der Waals surface area contributed by atoms with Gasteiger partial charge in [-0.1, -0.05) is 17.7 Å². The number of phosphoric acid groups is 1. The maximum absolute atomic E-state index is 12.4. The van der Waals surface area contributed by atoms with Crippen LogP contribution >= 0.6 is 7.82 Å². The topological polar surface area (TPSA) is 65.0 Å². The van der Waals surface area contributed by atoms with Crippen LogP contribution in [0.25, 0.3) is 10.8 Å². The quantitative estimate of drug-likeness (QED) is 0.800. The molecule has 0 heterocycles. The molecule has 0 saturated heterocycles. The van der Waals surface area contributed by atoms with Gasteiger partial charge in [0.15, 0.2) is 0 Å². The lowest BCUT2D eigenvalue weighted by Gasteiger charge is -2.18. The summed E-state index contributed by atoms with van der Waals surface area (Å²) < 4.78 is 28.2. The zero-order valence-corrected chi connectivity index (χ0v) is 13.2. The average Bonchev–Trinajstić information content (AvgIpc) is 2.43. The van der Waals surface area contributed by atoms with Crippen molar-refractivity contribution >= 4 is 18.6 Å². The predicted octanol–water partition coefficient (Wildman–Crippen LogP) is 4.41. The van der Waals surface area contributed by atoms with Crippen LogP contribution in [0.5, 0.6) is 11.5 Å². The molecule has 0 atom stereocenters. The molecule has 0 aliphatic carbocycles. The van der Waals surface area contributed by atoms with Crippen molar-refractivity contribution in [1.29, 1.82) is 0 Å². The Kier molecular flexibility index (Phi) is 4.88. The first-order chi connectivity index (χ1) is 9.99. The summed E-state index contributed by atoms with van der Waals surface area (Å²) in [7, 11) is -3.65. The Morgan fingerprint density at radius 3 is 2.33 bits per heavy atom. The van der Waals surface area contributed by atoms with E-state index in [1.165, 1.54) is 6.07 Å². The summed E-state index contributed by atoms with van der Waals surface area (Å²) in [6, 6.07) is 8.59. The van der Waals surface area contributed by atoms with Gasteiger partial charge in [-0.25, -0.2) is 4.57 Å². The van der Waals surface area contributed by atoms with Crippen LogP contribution in [0.4, 0.5) is 0 Å². The second kappa shape index (κ2) is 6.48. The number of phosphoric ester groups is 1. The Labute approximate surface area is 124 Å². The second-order valence-corrected chi connectivity index (χ2v) is 6.10. The SMILES string of the molecule is CCOP(=O)(OCC)Oc1ccc(O)c2cc(C)ccc12. The lowest BCUT2D eigenvalue weighted by Crippen LogP contribution is -2.02. The minimum atomic E-state index is -3.65. The summed E-state index contributed by atoms with van der Waals surface area (Å²) in [6.07, 6.45) is 0. The van der Waals surface area contributed by atoms with E-state index in [0.29, 0.717) is 16.5 Å². The second-order valence-electron chi connectivity index (χ2n) is 4.51. The van der Waals surface area contributed by atoms with Gasteiger partial charge in [0.05, 0.1) is 13.2 Å². The molecule has 0 aliphatic heterocycles. The number of benzene rings is 2. The van der Waals surface area contributed by atoms with Crippen molar-refractivity contribution < 1.29 is 23.2 Å². The smallest absolute Gasteiger partial charge is 0.507 e. The highest BCUT2D eigenvalue weighted by atomic mass is 31.2. The van der Waals surface area contributed by atoms with Crippen LogP contribution in [-0.4, -0.2) is 18.3 Å². The molecule has 0 amide bonds. The van der Waals surface area contributed by atoms with Gasteiger partial charge >= 0.3 is 7.82 Å². The van der Waals surface area contributed by atoms with Crippen molar-refractivity contribution in [2.75, 3.05) is 13.2 Å². The zero-order valence-electron chi connectivity index (χ0n) is 12.3. The van der Waals surface area contributed by atoms with E-state index in [9.17, 15) is 9.67 Å². The molecule has 0 bridgehead atoms. The van der Waals surface area contributed by atoms with Crippen molar-refractivity contribution in [3.63, 3.8) is 0 Å². The number of fused-ring (bicyclic) bond motifs is 1. The number of hydrogen-bond donors (Lipinski definition) is 1. The van der Waals surface area contributed by atoms with Crippen molar-refractivity contribution in [2.45, 2.75) is 20.8 Å². The first-order valence-corrected chi connectivity index (χ1v) is 8.26. The minimum absolute atomic E-state index is 0.142. The summed E-state index contributed by atoms with van der Waals surface area (Å²) in [5.41, 5.74) is 1.01. The van der Waals surface area contributed by atoms with E-state index < -0.39 is 7.82 Å². The lowest BCUT2D eigenvalue weighted by atomic mass is 10.1. The third-order valence-corrected chi connectivity index (χ3v) is 4.46. The molecule has 0 aliphatic rings. The molecule has 0 saturated carbocycles. The molecule has 2 rings (SSSR count). The first kappa shape index (κ1) is 15.8. The first-order valence-electron chi connectivity index (χ1n) is 6.80. The number of phenols is 1. The molecule has 0 fully saturated rings. The van der Waals surface area contributed by atoms with Crippen LogP contribution in [0.1, 0.15) is 19.4 Å². The van der Waals surface area contributed by atoms with Gasteiger partial charge in [-0.15, -0.1) is 0 Å². The molecule has 2 aromatic rings. The summed E-state index contributed by atoms with van der Waals surface area (Å²) in [6.45, 7) is 5.79. The van der Waals surface area contributed by atoms with Crippen molar-refractivity contribution in [3.05, 3.63) is 35.9 Å². The Balaban J connectivity index is 2.47. The summed E-state index contributed by atoms with van der Waals surface area (Å²) in [4.78, 5) is 0. The molecule has 21 heavy (non-hydrogen) atoms. The Morgan fingerprint density at radius 1 is 1.05 bits per heavy atom. The number of phenolic OH excluding ortho intramolecular Hbond substituents is 1. The largest absolute Gasteiger partial charge is 0.530 e. The monoisotopic (exact) mass is 310 g/mol. The number of hydrogen-bond acceptors (Lipinski definition) is 5. The molecule has 114 valence electrons. The maximum Gasteiger partial charge on any atom is 0.530 e. The third-order valence-electron chi connectivity index (χ3n) is 2.89. The number of rotatable bonds is 6. The van der Waals surface area contributed by atoms with E-state index in [2.05, 4.69) is 0 Å². The van der Waals surface area contributed by atoms with Crippen molar-refractivity contribution in [1.82, 2.24) is 0 Å². The highest BCUT2D eigenvalue weighted by molar-refractivity contribution is 7.48. The summed E-state index contributed by atoms with van der Waals surface area (Å²) in [5, 5.41) is 11.2. The number of aryl methyl sites for hydroxylation is 1. The van der Waals surface area contributed by atoms with Crippen molar-refractivity contribution in [2.24, 2.45) is 0 Å². The van der Waals surface area contributed by atoms with E-state index >= 15 is 0 Å². The fraction of sp³-hybridized carbons (Fsp3) is 0.333. The van der Waals surface area contributed by atoms with E-state index in [-0.39, 0.29) is 19.0 Å². The van der Waals surface area contributed by atoms with Crippen LogP contribution in [-0.2, 0) is 13.6 Å². The van der Waals surface area contributed by atoms with Crippen LogP contribution in [0, 0.1) is 6.92 Å². The van der Waals surface area contributed by atoms with Gasteiger partial charge in [0.1, 0.15) is 11.5 Å². The standard InChI is InChI=1S/C15H19O5P/c1-4-18-21(17,19-5-2)20-15-9-8-14(16)13-10-11(3)6-7-12(13)15/h6-10,16H,4-5H2,1-3H3. The van der Waals surface area contributed by atoms with Gasteiger partial charge in [0, 0.05) is 10.8 Å². The minimum Gasteiger partial charge on any atom is -0.507 e. The van der Waals surface area contributed by atoms with E-state index in [0.717, 1.165) is 5.56 Å². The number of aromatic hydroxyl groups is 1. The van der Waals surface area contributed by atoms with Crippen LogP contribution < -0.4 is 4.52 Å². The molecule has 0 aromatic heterocycles. The van der Waals surface area contributed by atoms with E-state index in [4.69, 9.17) is 13.6 Å². The zero-order chi connectivity index (χ0) is 15.5. The van der Waals surface area contributed by atoms with E-state index in [1.54, 1.807) is 19.9 Å². The molecule has 0 spiro atoms. The summed E-state index contributed by atoms with van der Waals surface area (Å²) in [5.74, 6) is 0.497. The molecular weight excluding hydrogens is 291 g/mol. The molecular formula is C15H19O5P. The van der Waals surface area contributed by atoms with Gasteiger partial charge in [-0.3, -0.25) is 9.05 Å². The Morgan fingerprint density at radius 2 is 1.71 bits per heavy atom. The van der Waals surface area contributed by atoms with E-state index in [1.807, 2.05) is 25.1 Å². The van der Waals surface area contributed by atoms with Gasteiger partial charge in [-0.2, -0.15) is 0 Å². The predicted molar refractivity (Wildman–Crippen MR) is 81.8 cm³/mol. The van der Waals surface area contributed by atoms with Crippen LogP contribution in [0.3, 0.4) is 0 Å². The van der Waals surface area contributed by atoms with Crippen LogP contribution in [0.15, 0.2) is 30.3 Å². The molecule has 6 heteroatoms. The highest BCUT2D eigenvalue weighted by Gasteiger charge is 2.28. The maximum atomic E-state index is 12.4. The molecule has 5 nitrogen and oxygen atoms in total. The Bertz CT molecular complexity index is 673. The Hall–Kier alpha value is -1.55. The fourth-order valence-electron chi connectivity index (χ4n) is 2.03. The van der Waals surface area contributed by atoms with Gasteiger partial charge in [-0.05, 0) is 39.0 Å². The normalized spacial score (nSPS) is 11.8. The van der Waals surface area contributed by atoms with Crippen molar-refractivity contribution in [3.8, 4) is 11.5 Å². The molecule has 2 aromatic carbocycles. The fourth-order valence-corrected chi connectivity index (χ4v) is 3.24. The third kappa shape index (κ3) is 3.56. The van der Waals surface area contributed by atoms with Gasteiger partial charge in [0.2, 0.25) is 0 Å².